The maximum absolute atomic E-state index is 5.89. The van der Waals surface area contributed by atoms with Crippen LogP contribution in [0.15, 0.2) is 0 Å². The predicted octanol–water partition coefficient (Wildman–Crippen LogP) is 1.73. The summed E-state index contributed by atoms with van der Waals surface area (Å²) in [6.07, 6.45) is 3.16. The highest BCUT2D eigenvalue weighted by atomic mass is 35.5. The summed E-state index contributed by atoms with van der Waals surface area (Å²) in [7, 11) is 0. The first kappa shape index (κ1) is 10.8. The van der Waals surface area contributed by atoms with Crippen molar-refractivity contribution in [2.24, 2.45) is 0 Å². The van der Waals surface area contributed by atoms with Gasteiger partial charge >= 0.3 is 0 Å². The highest BCUT2D eigenvalue weighted by Gasteiger charge is 2.10. The summed E-state index contributed by atoms with van der Waals surface area (Å²) in [5.74, 6) is 1.87. The third-order valence-electron chi connectivity index (χ3n) is 1.63. The van der Waals surface area contributed by atoms with Crippen LogP contribution in [0.5, 0.6) is 0 Å². The molecular formula is C7H13ClN4S. The lowest BCUT2D eigenvalue weighted by Crippen LogP contribution is -2.07. The molecule has 4 nitrogen and oxygen atoms in total. The first-order chi connectivity index (χ1) is 6.25. The summed E-state index contributed by atoms with van der Waals surface area (Å²) >= 11 is 7.72. The van der Waals surface area contributed by atoms with Crippen LogP contribution in [0.25, 0.3) is 0 Å². The molecule has 1 heterocycles. The van der Waals surface area contributed by atoms with Crippen molar-refractivity contribution in [1.82, 2.24) is 20.2 Å². The molecule has 74 valence electrons. The monoisotopic (exact) mass is 220 g/mol. The quantitative estimate of drug-likeness (QED) is 0.560. The van der Waals surface area contributed by atoms with Crippen LogP contribution in [0.4, 0.5) is 0 Å². The maximum Gasteiger partial charge on any atom is 0.168 e. The van der Waals surface area contributed by atoms with Crippen molar-refractivity contribution in [2.45, 2.75) is 25.3 Å². The van der Waals surface area contributed by atoms with Crippen molar-refractivity contribution in [1.29, 1.82) is 0 Å². The second-order valence-corrected chi connectivity index (χ2v) is 4.36. The Morgan fingerprint density at radius 2 is 2.38 bits per heavy atom. The zero-order valence-corrected chi connectivity index (χ0v) is 9.35. The SMILES string of the molecule is CSCCCn1nnnc1C(C)Cl. The number of hydrogen-bond donors (Lipinski definition) is 0. The summed E-state index contributed by atoms with van der Waals surface area (Å²) in [5, 5.41) is 11.2. The molecule has 1 unspecified atom stereocenters. The van der Waals surface area contributed by atoms with Crippen molar-refractivity contribution >= 4 is 23.4 Å². The molecule has 0 spiro atoms. The van der Waals surface area contributed by atoms with E-state index < -0.39 is 0 Å². The third kappa shape index (κ3) is 3.15. The molecule has 1 aromatic heterocycles. The number of tetrazole rings is 1. The second-order valence-electron chi connectivity index (χ2n) is 2.72. The van der Waals surface area contributed by atoms with Gasteiger partial charge in [0.2, 0.25) is 0 Å². The zero-order valence-electron chi connectivity index (χ0n) is 7.77. The molecule has 0 fully saturated rings. The van der Waals surface area contributed by atoms with Crippen LogP contribution in [-0.2, 0) is 6.54 Å². The average molecular weight is 221 g/mol. The minimum atomic E-state index is -0.121. The normalized spacial score (nSPS) is 13.2. The number of nitrogens with zero attached hydrogens (tertiary/aromatic N) is 4. The van der Waals surface area contributed by atoms with Gasteiger partial charge in [0, 0.05) is 6.54 Å². The van der Waals surface area contributed by atoms with Crippen LogP contribution >= 0.6 is 23.4 Å². The lowest BCUT2D eigenvalue weighted by molar-refractivity contribution is 0.557. The van der Waals surface area contributed by atoms with E-state index in [1.54, 1.807) is 4.68 Å². The van der Waals surface area contributed by atoms with Gasteiger partial charge in [0.25, 0.3) is 0 Å². The van der Waals surface area contributed by atoms with E-state index in [1.165, 1.54) is 0 Å². The second kappa shape index (κ2) is 5.44. The molecular weight excluding hydrogens is 208 g/mol. The molecule has 1 atom stereocenters. The standard InChI is InChI=1S/C7H13ClN4S/c1-6(8)7-9-10-11-12(7)4-3-5-13-2/h6H,3-5H2,1-2H3. The van der Waals surface area contributed by atoms with Crippen LogP contribution in [0, 0.1) is 0 Å². The van der Waals surface area contributed by atoms with Gasteiger partial charge in [-0.3, -0.25) is 0 Å². The summed E-state index contributed by atoms with van der Waals surface area (Å²) in [4.78, 5) is 0. The van der Waals surface area contributed by atoms with Gasteiger partial charge in [-0.25, -0.2) is 4.68 Å². The van der Waals surface area contributed by atoms with E-state index in [-0.39, 0.29) is 5.38 Å². The smallest absolute Gasteiger partial charge is 0.168 e. The summed E-state index contributed by atoms with van der Waals surface area (Å²) < 4.78 is 1.77. The van der Waals surface area contributed by atoms with Gasteiger partial charge < -0.3 is 0 Å². The number of aromatic nitrogens is 4. The molecule has 0 aromatic carbocycles. The molecule has 0 aliphatic heterocycles. The fraction of sp³-hybridized carbons (Fsp3) is 0.857. The molecule has 1 aromatic rings. The number of rotatable bonds is 5. The van der Waals surface area contributed by atoms with Crippen molar-refractivity contribution < 1.29 is 0 Å². The minimum Gasteiger partial charge on any atom is -0.228 e. The van der Waals surface area contributed by atoms with Gasteiger partial charge in [0.05, 0.1) is 5.38 Å². The topological polar surface area (TPSA) is 43.6 Å². The first-order valence-corrected chi connectivity index (χ1v) is 5.97. The predicted molar refractivity (Wildman–Crippen MR) is 55.1 cm³/mol. The average Bonchev–Trinajstić information content (AvgIpc) is 2.53. The van der Waals surface area contributed by atoms with Gasteiger partial charge in [0.15, 0.2) is 5.82 Å². The summed E-state index contributed by atoms with van der Waals surface area (Å²) in [6.45, 7) is 2.72. The van der Waals surface area contributed by atoms with Gasteiger partial charge in [-0.15, -0.1) is 16.7 Å². The Morgan fingerprint density at radius 1 is 1.62 bits per heavy atom. The van der Waals surface area contributed by atoms with E-state index in [0.29, 0.717) is 0 Å². The molecule has 0 saturated heterocycles. The van der Waals surface area contributed by atoms with Crippen molar-refractivity contribution in [3.63, 3.8) is 0 Å². The number of thioether (sulfide) groups is 1. The number of aryl methyl sites for hydroxylation is 1. The lowest BCUT2D eigenvalue weighted by Gasteiger charge is -2.04. The fourth-order valence-corrected chi connectivity index (χ4v) is 1.59. The molecule has 0 aliphatic carbocycles. The fourth-order valence-electron chi connectivity index (χ4n) is 1.01. The third-order valence-corrected chi connectivity index (χ3v) is 2.53. The van der Waals surface area contributed by atoms with E-state index in [4.69, 9.17) is 11.6 Å². The van der Waals surface area contributed by atoms with Crippen LogP contribution in [0.3, 0.4) is 0 Å². The summed E-state index contributed by atoms with van der Waals surface area (Å²) in [6, 6.07) is 0. The van der Waals surface area contributed by atoms with Crippen LogP contribution < -0.4 is 0 Å². The first-order valence-electron chi connectivity index (χ1n) is 4.14. The van der Waals surface area contributed by atoms with E-state index in [2.05, 4.69) is 21.8 Å². The molecule has 0 saturated carbocycles. The molecule has 0 bridgehead atoms. The summed E-state index contributed by atoms with van der Waals surface area (Å²) in [5.41, 5.74) is 0. The molecule has 1 rings (SSSR count). The van der Waals surface area contributed by atoms with E-state index in [0.717, 1.165) is 24.5 Å². The Morgan fingerprint density at radius 3 is 3.00 bits per heavy atom. The zero-order chi connectivity index (χ0) is 9.68. The van der Waals surface area contributed by atoms with E-state index >= 15 is 0 Å². The van der Waals surface area contributed by atoms with Gasteiger partial charge in [-0.1, -0.05) is 0 Å². The Hall–Kier alpha value is -0.290. The number of hydrogen-bond acceptors (Lipinski definition) is 4. The van der Waals surface area contributed by atoms with Gasteiger partial charge in [0.1, 0.15) is 0 Å². The van der Waals surface area contributed by atoms with Crippen LogP contribution in [0.1, 0.15) is 24.5 Å². The van der Waals surface area contributed by atoms with Crippen LogP contribution in [0.2, 0.25) is 0 Å². The highest BCUT2D eigenvalue weighted by Crippen LogP contribution is 2.15. The molecule has 13 heavy (non-hydrogen) atoms. The Bertz CT molecular complexity index is 250. The van der Waals surface area contributed by atoms with E-state index in [1.807, 2.05) is 18.7 Å². The Labute approximate surface area is 87.0 Å². The minimum absolute atomic E-state index is 0.121. The number of alkyl halides is 1. The van der Waals surface area contributed by atoms with Crippen molar-refractivity contribution in [3.8, 4) is 0 Å². The van der Waals surface area contributed by atoms with Gasteiger partial charge in [-0.05, 0) is 35.8 Å². The Balaban J connectivity index is 2.50. The van der Waals surface area contributed by atoms with Crippen molar-refractivity contribution in [2.75, 3.05) is 12.0 Å². The van der Waals surface area contributed by atoms with E-state index in [9.17, 15) is 0 Å². The Kier molecular flexibility index (Phi) is 4.52. The van der Waals surface area contributed by atoms with Gasteiger partial charge in [-0.2, -0.15) is 11.8 Å². The van der Waals surface area contributed by atoms with Crippen LogP contribution in [-0.4, -0.2) is 32.2 Å². The molecule has 0 amide bonds. The molecule has 6 heteroatoms. The molecule has 0 N–H and O–H groups in total. The maximum atomic E-state index is 5.89. The largest absolute Gasteiger partial charge is 0.228 e. The number of halogens is 1. The highest BCUT2D eigenvalue weighted by molar-refractivity contribution is 7.98. The lowest BCUT2D eigenvalue weighted by atomic mass is 10.4. The van der Waals surface area contributed by atoms with Crippen molar-refractivity contribution in [3.05, 3.63) is 5.82 Å². The molecule has 0 aliphatic rings. The molecule has 0 radical (unpaired) electrons.